The number of carbonyl (C=O) groups excluding carboxylic acids is 1. The number of thiophene rings is 1. The third-order valence-corrected chi connectivity index (χ3v) is 6.92. The molecule has 6 heterocycles. The number of pyridine rings is 3. The van der Waals surface area contributed by atoms with Gasteiger partial charge in [0.15, 0.2) is 11.6 Å². The first-order valence-corrected chi connectivity index (χ1v) is 12.5. The number of imidazole rings is 1. The Balaban J connectivity index is 1.44. The molecule has 0 bridgehead atoms. The van der Waals surface area contributed by atoms with Crippen LogP contribution in [0, 0.1) is 12.7 Å². The molecule has 9 nitrogen and oxygen atoms in total. The van der Waals surface area contributed by atoms with Crippen molar-refractivity contribution in [3.8, 4) is 33.3 Å². The average molecular weight is 513 g/mol. The van der Waals surface area contributed by atoms with Gasteiger partial charge in [0.05, 0.1) is 39.4 Å². The van der Waals surface area contributed by atoms with Gasteiger partial charge in [0.2, 0.25) is 5.91 Å². The first-order valence-electron chi connectivity index (χ1n) is 11.7. The normalized spacial score (nSPS) is 11.4. The number of carbonyl (C=O) groups is 1. The van der Waals surface area contributed by atoms with Crippen LogP contribution in [0.4, 0.5) is 10.1 Å². The van der Waals surface area contributed by atoms with Gasteiger partial charge in [-0.3, -0.25) is 24.8 Å². The van der Waals surface area contributed by atoms with Crippen LogP contribution >= 0.6 is 11.3 Å². The van der Waals surface area contributed by atoms with Gasteiger partial charge in [-0.1, -0.05) is 6.92 Å². The Kier molecular flexibility index (Phi) is 5.68. The molecule has 0 saturated carbocycles. The number of anilines is 1. The van der Waals surface area contributed by atoms with Gasteiger partial charge in [-0.25, -0.2) is 9.37 Å². The summed E-state index contributed by atoms with van der Waals surface area (Å²) in [6, 6.07) is 7.54. The lowest BCUT2D eigenvalue weighted by atomic mass is 10.1. The van der Waals surface area contributed by atoms with E-state index >= 15 is 4.39 Å². The van der Waals surface area contributed by atoms with Gasteiger partial charge in [-0.05, 0) is 37.6 Å². The molecule has 0 aromatic carbocycles. The number of aromatic nitrogens is 7. The standard InChI is InChI=1S/C26H21FN8OS/c1-3-4-19(36)31-15-9-14(10-28-11-15)22-21(27)20-17(12-30-22)34-35-25(20)26-32-16-7-8-29-24(23(16)33-26)18-6-5-13(2)37-18/h5-12H,3-4H2,1-2H3,(H,31,36)(H,32,33)(H,34,35). The number of halogens is 1. The van der Waals surface area contributed by atoms with Gasteiger partial charge in [0.25, 0.3) is 0 Å². The first-order chi connectivity index (χ1) is 18.0. The molecule has 0 aliphatic carbocycles. The fourth-order valence-corrected chi connectivity index (χ4v) is 5.09. The van der Waals surface area contributed by atoms with Gasteiger partial charge in [-0.2, -0.15) is 5.10 Å². The number of nitrogens with one attached hydrogen (secondary N) is 3. The van der Waals surface area contributed by atoms with Crippen LogP contribution in [0.15, 0.2) is 49.1 Å². The van der Waals surface area contributed by atoms with E-state index in [1.54, 1.807) is 23.6 Å². The van der Waals surface area contributed by atoms with E-state index < -0.39 is 5.82 Å². The van der Waals surface area contributed by atoms with E-state index in [1.807, 2.05) is 32.0 Å². The highest BCUT2D eigenvalue weighted by molar-refractivity contribution is 7.15. The van der Waals surface area contributed by atoms with Crippen LogP contribution in [0.5, 0.6) is 0 Å². The largest absolute Gasteiger partial charge is 0.336 e. The summed E-state index contributed by atoms with van der Waals surface area (Å²) in [5, 5.41) is 10.2. The van der Waals surface area contributed by atoms with E-state index in [4.69, 9.17) is 4.98 Å². The molecule has 0 atom stereocenters. The average Bonchev–Trinajstić information content (AvgIpc) is 3.62. The van der Waals surface area contributed by atoms with Crippen LogP contribution < -0.4 is 5.32 Å². The van der Waals surface area contributed by atoms with Crippen molar-refractivity contribution >= 4 is 44.9 Å². The van der Waals surface area contributed by atoms with E-state index in [0.29, 0.717) is 40.2 Å². The van der Waals surface area contributed by atoms with E-state index in [9.17, 15) is 4.79 Å². The molecule has 11 heteroatoms. The molecule has 1 amide bonds. The quantitative estimate of drug-likeness (QED) is 0.256. The van der Waals surface area contributed by atoms with Crippen molar-refractivity contribution in [1.82, 2.24) is 35.1 Å². The summed E-state index contributed by atoms with van der Waals surface area (Å²) >= 11 is 1.64. The van der Waals surface area contributed by atoms with Gasteiger partial charge in [0, 0.05) is 29.3 Å². The lowest BCUT2D eigenvalue weighted by Gasteiger charge is -2.07. The second-order valence-corrected chi connectivity index (χ2v) is 9.88. The Bertz CT molecular complexity index is 1790. The summed E-state index contributed by atoms with van der Waals surface area (Å²) in [7, 11) is 0. The topological polar surface area (TPSA) is 125 Å². The molecule has 0 fully saturated rings. The maximum atomic E-state index is 16.0. The van der Waals surface area contributed by atoms with E-state index in [1.165, 1.54) is 23.5 Å². The molecule has 0 spiro atoms. The van der Waals surface area contributed by atoms with E-state index in [-0.39, 0.29) is 17.0 Å². The van der Waals surface area contributed by atoms with Crippen molar-refractivity contribution < 1.29 is 9.18 Å². The summed E-state index contributed by atoms with van der Waals surface area (Å²) in [4.78, 5) is 35.2. The molecule has 0 aliphatic rings. The van der Waals surface area contributed by atoms with Crippen LogP contribution in [0.25, 0.3) is 55.3 Å². The number of H-pyrrole nitrogens is 2. The summed E-state index contributed by atoms with van der Waals surface area (Å²) in [5.74, 6) is -0.273. The molecule has 6 aromatic heterocycles. The van der Waals surface area contributed by atoms with Gasteiger partial charge in [-0.15, -0.1) is 11.3 Å². The highest BCUT2D eigenvalue weighted by Crippen LogP contribution is 2.35. The number of rotatable bonds is 6. The van der Waals surface area contributed by atoms with Crippen molar-refractivity contribution in [2.45, 2.75) is 26.7 Å². The van der Waals surface area contributed by atoms with Crippen LogP contribution in [0.1, 0.15) is 24.6 Å². The van der Waals surface area contributed by atoms with Crippen LogP contribution in [0.2, 0.25) is 0 Å². The minimum atomic E-state index is -0.562. The van der Waals surface area contributed by atoms with Crippen molar-refractivity contribution in [1.29, 1.82) is 0 Å². The Morgan fingerprint density at radius 2 is 1.97 bits per heavy atom. The molecule has 6 rings (SSSR count). The fourth-order valence-electron chi connectivity index (χ4n) is 4.23. The van der Waals surface area contributed by atoms with Crippen molar-refractivity contribution in [2.24, 2.45) is 0 Å². The second-order valence-electron chi connectivity index (χ2n) is 8.59. The van der Waals surface area contributed by atoms with E-state index in [2.05, 4.69) is 35.5 Å². The number of fused-ring (bicyclic) bond motifs is 2. The van der Waals surface area contributed by atoms with Gasteiger partial charge >= 0.3 is 0 Å². The third-order valence-electron chi connectivity index (χ3n) is 5.92. The SMILES string of the molecule is CCCC(=O)Nc1cncc(-c2ncc3[nH]nc(-c4nc5c(-c6ccc(C)s6)nccc5[nH]4)c3c2F)c1. The summed E-state index contributed by atoms with van der Waals surface area (Å²) in [5.41, 5.74) is 4.00. The van der Waals surface area contributed by atoms with Crippen molar-refractivity contribution in [3.63, 3.8) is 0 Å². The minimum Gasteiger partial charge on any atom is -0.336 e. The highest BCUT2D eigenvalue weighted by Gasteiger charge is 2.22. The predicted molar refractivity (Wildman–Crippen MR) is 142 cm³/mol. The fraction of sp³-hybridized carbons (Fsp3) is 0.154. The van der Waals surface area contributed by atoms with E-state index in [0.717, 1.165) is 22.5 Å². The Labute approximate surface area is 214 Å². The number of amides is 1. The maximum absolute atomic E-state index is 16.0. The molecule has 3 N–H and O–H groups in total. The lowest BCUT2D eigenvalue weighted by Crippen LogP contribution is -2.10. The number of nitrogens with zero attached hydrogens (tertiary/aromatic N) is 5. The molecule has 0 aliphatic heterocycles. The van der Waals surface area contributed by atoms with Crippen LogP contribution in [-0.2, 0) is 4.79 Å². The molecule has 0 saturated heterocycles. The Morgan fingerprint density at radius 1 is 1.08 bits per heavy atom. The number of hydrogen-bond acceptors (Lipinski definition) is 7. The summed E-state index contributed by atoms with van der Waals surface area (Å²) in [6.07, 6.45) is 7.39. The maximum Gasteiger partial charge on any atom is 0.224 e. The predicted octanol–water partition coefficient (Wildman–Crippen LogP) is 5.87. The number of hydrogen-bond donors (Lipinski definition) is 3. The first kappa shape index (κ1) is 22.9. The molecule has 0 radical (unpaired) electrons. The highest BCUT2D eigenvalue weighted by atomic mass is 32.1. The molecule has 6 aromatic rings. The van der Waals surface area contributed by atoms with Crippen LogP contribution in [0.3, 0.4) is 0 Å². The second kappa shape index (κ2) is 9.17. The number of aryl methyl sites for hydroxylation is 1. The Hall–Kier alpha value is -4.51. The summed E-state index contributed by atoms with van der Waals surface area (Å²) in [6.45, 7) is 3.96. The van der Waals surface area contributed by atoms with Gasteiger partial charge < -0.3 is 10.3 Å². The zero-order valence-electron chi connectivity index (χ0n) is 20.0. The Morgan fingerprint density at radius 3 is 2.78 bits per heavy atom. The summed E-state index contributed by atoms with van der Waals surface area (Å²) < 4.78 is 16.0. The third kappa shape index (κ3) is 4.12. The monoisotopic (exact) mass is 512 g/mol. The molecule has 0 unspecified atom stereocenters. The number of aromatic amines is 2. The zero-order chi connectivity index (χ0) is 25.5. The molecule has 184 valence electrons. The van der Waals surface area contributed by atoms with Crippen LogP contribution in [-0.4, -0.2) is 41.0 Å². The van der Waals surface area contributed by atoms with Crippen molar-refractivity contribution in [2.75, 3.05) is 5.32 Å². The smallest absolute Gasteiger partial charge is 0.224 e. The zero-order valence-corrected chi connectivity index (χ0v) is 20.8. The molecular weight excluding hydrogens is 491 g/mol. The lowest BCUT2D eigenvalue weighted by molar-refractivity contribution is -0.116. The molecule has 37 heavy (non-hydrogen) atoms. The van der Waals surface area contributed by atoms with Gasteiger partial charge in [0.1, 0.15) is 22.6 Å². The molecular formula is C26H21FN8OS. The minimum absolute atomic E-state index is 0.0989. The van der Waals surface area contributed by atoms with Crippen molar-refractivity contribution in [3.05, 3.63) is 59.7 Å².